The van der Waals surface area contributed by atoms with Crippen LogP contribution in [0.25, 0.3) is 0 Å². The summed E-state index contributed by atoms with van der Waals surface area (Å²) in [6, 6.07) is 5.24. The third kappa shape index (κ3) is 4.56. The Labute approximate surface area is 119 Å². The van der Waals surface area contributed by atoms with E-state index in [1.807, 2.05) is 23.9 Å². The molecule has 1 nitrogen and oxygen atoms in total. The molecule has 1 fully saturated rings. The second-order valence-electron chi connectivity index (χ2n) is 4.88. The zero-order chi connectivity index (χ0) is 13.5. The van der Waals surface area contributed by atoms with Gasteiger partial charge in [-0.15, -0.1) is 0 Å². The molecule has 0 radical (unpaired) electrons. The maximum Gasteiger partial charge on any atom is 0.128 e. The summed E-state index contributed by atoms with van der Waals surface area (Å²) in [6.07, 6.45) is 6.58. The molecule has 2 rings (SSSR count). The maximum atomic E-state index is 13.9. The molecular weight excluding hydrogens is 257 g/mol. The van der Waals surface area contributed by atoms with Gasteiger partial charge in [0.25, 0.3) is 0 Å². The lowest BCUT2D eigenvalue weighted by molar-refractivity contribution is 0.516. The molecule has 1 saturated carbocycles. The first-order chi connectivity index (χ1) is 9.29. The van der Waals surface area contributed by atoms with Gasteiger partial charge in [0.1, 0.15) is 5.82 Å². The van der Waals surface area contributed by atoms with E-state index >= 15 is 0 Å². The molecule has 0 aliphatic heterocycles. The van der Waals surface area contributed by atoms with E-state index in [9.17, 15) is 4.39 Å². The van der Waals surface area contributed by atoms with Crippen LogP contribution in [0.2, 0.25) is 0 Å². The van der Waals surface area contributed by atoms with Crippen molar-refractivity contribution in [1.29, 1.82) is 0 Å². The first kappa shape index (κ1) is 14.4. The number of benzene rings is 1. The second-order valence-corrected chi connectivity index (χ2v) is 6.17. The number of nitrogens with two attached hydrogens (primary N) is 1. The lowest BCUT2D eigenvalue weighted by Gasteiger charge is -2.21. The molecular formula is C16H20FNS. The molecule has 102 valence electrons. The fourth-order valence-electron chi connectivity index (χ4n) is 2.33. The van der Waals surface area contributed by atoms with E-state index in [0.29, 0.717) is 17.4 Å². The van der Waals surface area contributed by atoms with Gasteiger partial charge in [-0.1, -0.05) is 37.2 Å². The van der Waals surface area contributed by atoms with Crippen molar-refractivity contribution in [3.63, 3.8) is 0 Å². The average molecular weight is 277 g/mol. The Morgan fingerprint density at radius 3 is 2.74 bits per heavy atom. The van der Waals surface area contributed by atoms with Crippen LogP contribution >= 0.6 is 11.8 Å². The minimum atomic E-state index is -0.146. The predicted octanol–water partition coefficient (Wildman–Crippen LogP) is 3.70. The third-order valence-electron chi connectivity index (χ3n) is 3.41. The van der Waals surface area contributed by atoms with Crippen LogP contribution in [0.5, 0.6) is 0 Å². The summed E-state index contributed by atoms with van der Waals surface area (Å²) in [4.78, 5) is 0. The third-order valence-corrected chi connectivity index (χ3v) is 4.84. The molecule has 3 heteroatoms. The number of thioether (sulfide) groups is 1. The molecule has 0 spiro atoms. The zero-order valence-electron chi connectivity index (χ0n) is 11.1. The van der Waals surface area contributed by atoms with E-state index in [4.69, 9.17) is 5.73 Å². The first-order valence-electron chi connectivity index (χ1n) is 6.88. The van der Waals surface area contributed by atoms with E-state index in [1.165, 1.54) is 38.2 Å². The van der Waals surface area contributed by atoms with Crippen molar-refractivity contribution >= 4 is 11.8 Å². The summed E-state index contributed by atoms with van der Waals surface area (Å²) in [5.41, 5.74) is 6.79. The Bertz CT molecular complexity index is 469. The Morgan fingerprint density at radius 1 is 1.26 bits per heavy atom. The van der Waals surface area contributed by atoms with Gasteiger partial charge in [-0.3, -0.25) is 0 Å². The van der Waals surface area contributed by atoms with Crippen molar-refractivity contribution in [3.8, 4) is 11.8 Å². The van der Waals surface area contributed by atoms with Crippen LogP contribution in [-0.4, -0.2) is 11.8 Å². The highest BCUT2D eigenvalue weighted by Crippen LogP contribution is 2.31. The normalized spacial score (nSPS) is 15.9. The van der Waals surface area contributed by atoms with Crippen molar-refractivity contribution in [2.24, 2.45) is 5.73 Å². The predicted molar refractivity (Wildman–Crippen MR) is 80.5 cm³/mol. The fraction of sp³-hybridized carbons (Fsp3) is 0.500. The molecule has 0 amide bonds. The average Bonchev–Trinajstić information content (AvgIpc) is 2.45. The van der Waals surface area contributed by atoms with Crippen molar-refractivity contribution < 1.29 is 4.39 Å². The van der Waals surface area contributed by atoms with Gasteiger partial charge in [0, 0.05) is 16.6 Å². The molecule has 1 aliphatic carbocycles. The maximum absolute atomic E-state index is 13.9. The first-order valence-corrected chi connectivity index (χ1v) is 7.93. The van der Waals surface area contributed by atoms with Crippen LogP contribution < -0.4 is 5.73 Å². The van der Waals surface area contributed by atoms with Crippen molar-refractivity contribution in [1.82, 2.24) is 0 Å². The van der Waals surface area contributed by atoms with Crippen LogP contribution in [0.4, 0.5) is 4.39 Å². The van der Waals surface area contributed by atoms with Crippen LogP contribution in [0.1, 0.15) is 43.2 Å². The summed E-state index contributed by atoms with van der Waals surface area (Å²) >= 11 is 1.89. The Balaban J connectivity index is 1.93. The smallest absolute Gasteiger partial charge is 0.128 e. The summed E-state index contributed by atoms with van der Waals surface area (Å²) in [7, 11) is 0. The van der Waals surface area contributed by atoms with Gasteiger partial charge in [0.2, 0.25) is 0 Å². The SMILES string of the molecule is NCC#Cc1ccc(CSC2CCCCC2)c(F)c1. The van der Waals surface area contributed by atoms with Crippen LogP contribution in [0, 0.1) is 17.7 Å². The summed E-state index contributed by atoms with van der Waals surface area (Å²) in [5, 5.41) is 0.713. The second kappa shape index (κ2) is 7.57. The molecule has 0 aromatic heterocycles. The molecule has 0 bridgehead atoms. The van der Waals surface area contributed by atoms with Crippen LogP contribution in [-0.2, 0) is 5.75 Å². The van der Waals surface area contributed by atoms with Gasteiger partial charge >= 0.3 is 0 Å². The highest BCUT2D eigenvalue weighted by molar-refractivity contribution is 7.99. The Kier molecular flexibility index (Phi) is 5.75. The van der Waals surface area contributed by atoms with Gasteiger partial charge in [-0.05, 0) is 30.5 Å². The van der Waals surface area contributed by atoms with Crippen molar-refractivity contribution in [2.45, 2.75) is 43.1 Å². The van der Waals surface area contributed by atoms with Gasteiger partial charge in [0.15, 0.2) is 0 Å². The quantitative estimate of drug-likeness (QED) is 0.853. The molecule has 0 atom stereocenters. The van der Waals surface area contributed by atoms with E-state index in [0.717, 1.165) is 11.3 Å². The largest absolute Gasteiger partial charge is 0.320 e. The van der Waals surface area contributed by atoms with Crippen LogP contribution in [0.15, 0.2) is 18.2 Å². The van der Waals surface area contributed by atoms with E-state index in [1.54, 1.807) is 0 Å². The Hall–Kier alpha value is -0.980. The van der Waals surface area contributed by atoms with Crippen molar-refractivity contribution in [2.75, 3.05) is 6.54 Å². The minimum absolute atomic E-state index is 0.146. The number of hydrogen-bond acceptors (Lipinski definition) is 2. The standard InChI is InChI=1S/C16H20FNS/c17-16-11-13(5-4-10-18)8-9-14(16)12-19-15-6-2-1-3-7-15/h8-9,11,15H,1-3,6-7,10,12,18H2. The fourth-order valence-corrected chi connectivity index (χ4v) is 3.65. The van der Waals surface area contributed by atoms with Gasteiger partial charge in [0.05, 0.1) is 6.54 Å². The van der Waals surface area contributed by atoms with Crippen LogP contribution in [0.3, 0.4) is 0 Å². The minimum Gasteiger partial charge on any atom is -0.320 e. The number of halogens is 1. The van der Waals surface area contributed by atoms with Crippen molar-refractivity contribution in [3.05, 3.63) is 35.1 Å². The van der Waals surface area contributed by atoms with E-state index in [-0.39, 0.29) is 5.82 Å². The highest BCUT2D eigenvalue weighted by Gasteiger charge is 2.14. The van der Waals surface area contributed by atoms with Gasteiger partial charge in [-0.2, -0.15) is 11.8 Å². The molecule has 0 unspecified atom stereocenters. The lowest BCUT2D eigenvalue weighted by atomic mass is 10.0. The number of rotatable bonds is 3. The molecule has 1 aromatic rings. The number of hydrogen-bond donors (Lipinski definition) is 1. The van der Waals surface area contributed by atoms with E-state index < -0.39 is 0 Å². The van der Waals surface area contributed by atoms with E-state index in [2.05, 4.69) is 11.8 Å². The van der Waals surface area contributed by atoms with Gasteiger partial charge in [-0.25, -0.2) is 4.39 Å². The monoisotopic (exact) mass is 277 g/mol. The zero-order valence-corrected chi connectivity index (χ0v) is 11.9. The summed E-state index contributed by atoms with van der Waals surface area (Å²) < 4.78 is 13.9. The topological polar surface area (TPSA) is 26.0 Å². The Morgan fingerprint density at radius 2 is 2.05 bits per heavy atom. The summed E-state index contributed by atoms with van der Waals surface area (Å²) in [6.45, 7) is 0.306. The molecule has 1 aliphatic rings. The highest BCUT2D eigenvalue weighted by atomic mass is 32.2. The molecule has 1 aromatic carbocycles. The lowest BCUT2D eigenvalue weighted by Crippen LogP contribution is -2.08. The molecule has 0 heterocycles. The molecule has 0 saturated heterocycles. The molecule has 19 heavy (non-hydrogen) atoms. The van der Waals surface area contributed by atoms with Gasteiger partial charge < -0.3 is 5.73 Å². The summed E-state index contributed by atoms with van der Waals surface area (Å²) in [5.74, 6) is 6.22. The molecule has 2 N–H and O–H groups in total.